The Kier molecular flexibility index (Phi) is 15.4. The third-order valence-electron chi connectivity index (χ3n) is 11.1. The van der Waals surface area contributed by atoms with E-state index < -0.39 is 77.8 Å². The van der Waals surface area contributed by atoms with Crippen LogP contribution in [-0.4, -0.2) is 126 Å². The summed E-state index contributed by atoms with van der Waals surface area (Å²) >= 11 is 0. The van der Waals surface area contributed by atoms with Crippen LogP contribution >= 0.6 is 0 Å². The van der Waals surface area contributed by atoms with E-state index in [2.05, 4.69) is 10.6 Å². The molecule has 19 heteroatoms. The van der Waals surface area contributed by atoms with Gasteiger partial charge in [0, 0.05) is 36.0 Å². The Hall–Kier alpha value is -5.76. The van der Waals surface area contributed by atoms with Crippen molar-refractivity contribution in [2.45, 2.75) is 90.3 Å². The van der Waals surface area contributed by atoms with E-state index in [1.165, 1.54) is 4.90 Å². The number of carboxylic acids is 1. The highest BCUT2D eigenvalue weighted by Crippen LogP contribution is 2.39. The standard InChI is InChI=1S/C43H54N6O13/c1-4-25-26-8-5-6-9-30(26)46-37-28(25)22-49-33(37)20-27-29(40(49)54)23-61-43(57)38(27)62-42(56)36(24(2)3)47-39(53)32-10-7-13-48(32)41(55)31(21-35(51)52)45-34(50)11-14-58-16-18-60-19-17-59-15-12-44/h5-6,8-9,20,24,31-32,36,38H,4,7,10-19,21-23,44H2,1-3H3,(H,45,50)(H,47,53)(H,51,52)/t31-,32-,36-,38-/m0/s1. The molecule has 6 rings (SSSR count). The van der Waals surface area contributed by atoms with Gasteiger partial charge in [0.2, 0.25) is 23.8 Å². The zero-order chi connectivity index (χ0) is 44.5. The molecule has 0 aliphatic carbocycles. The van der Waals surface area contributed by atoms with Gasteiger partial charge >= 0.3 is 17.9 Å². The maximum Gasteiger partial charge on any atom is 0.352 e. The number of amides is 3. The van der Waals surface area contributed by atoms with Gasteiger partial charge in [-0.15, -0.1) is 0 Å². The van der Waals surface area contributed by atoms with E-state index in [4.69, 9.17) is 34.4 Å². The van der Waals surface area contributed by atoms with Gasteiger partial charge in [-0.25, -0.2) is 14.6 Å². The molecule has 334 valence electrons. The summed E-state index contributed by atoms with van der Waals surface area (Å²) in [5, 5.41) is 15.7. The predicted molar refractivity (Wildman–Crippen MR) is 220 cm³/mol. The molecule has 1 saturated heterocycles. The molecular weight excluding hydrogens is 809 g/mol. The van der Waals surface area contributed by atoms with Crippen molar-refractivity contribution in [3.8, 4) is 11.4 Å². The van der Waals surface area contributed by atoms with Crippen molar-refractivity contribution >= 4 is 46.5 Å². The quantitative estimate of drug-likeness (QED) is 0.0676. The monoisotopic (exact) mass is 862 g/mol. The smallest absolute Gasteiger partial charge is 0.352 e. The first kappa shape index (κ1) is 45.8. The van der Waals surface area contributed by atoms with Crippen LogP contribution in [0.3, 0.4) is 0 Å². The molecule has 0 saturated carbocycles. The van der Waals surface area contributed by atoms with Crippen molar-refractivity contribution in [3.63, 3.8) is 0 Å². The van der Waals surface area contributed by atoms with Crippen molar-refractivity contribution in [2.24, 2.45) is 11.7 Å². The summed E-state index contributed by atoms with van der Waals surface area (Å²) in [4.78, 5) is 99.4. The topological polar surface area (TPSA) is 257 Å². The number of para-hydroxylation sites is 1. The van der Waals surface area contributed by atoms with Gasteiger partial charge in [-0.05, 0) is 42.9 Å². The number of aliphatic carboxylic acids is 1. The van der Waals surface area contributed by atoms with Crippen LogP contribution in [-0.2, 0) is 72.0 Å². The fourth-order valence-corrected chi connectivity index (χ4v) is 8.03. The van der Waals surface area contributed by atoms with E-state index in [1.54, 1.807) is 24.5 Å². The number of fused-ring (bicyclic) bond motifs is 5. The number of benzene rings is 1. The number of hydrogen-bond acceptors (Lipinski definition) is 14. The van der Waals surface area contributed by atoms with E-state index >= 15 is 0 Å². The number of ether oxygens (including phenoxy) is 5. The molecule has 1 aromatic carbocycles. The van der Waals surface area contributed by atoms with Gasteiger partial charge in [0.15, 0.2) is 0 Å². The van der Waals surface area contributed by atoms with Gasteiger partial charge in [-0.1, -0.05) is 39.0 Å². The summed E-state index contributed by atoms with van der Waals surface area (Å²) in [6.07, 6.45) is -1.23. The number of esters is 2. The fraction of sp³-hybridized carbons (Fsp3) is 0.535. The van der Waals surface area contributed by atoms with Crippen LogP contribution in [0.5, 0.6) is 0 Å². The van der Waals surface area contributed by atoms with Gasteiger partial charge in [0.25, 0.3) is 5.56 Å². The second-order valence-corrected chi connectivity index (χ2v) is 15.6. The lowest BCUT2D eigenvalue weighted by Crippen LogP contribution is -2.56. The summed E-state index contributed by atoms with van der Waals surface area (Å²) in [7, 11) is 0. The number of rotatable bonds is 21. The van der Waals surface area contributed by atoms with Crippen molar-refractivity contribution in [1.29, 1.82) is 0 Å². The van der Waals surface area contributed by atoms with E-state index in [1.807, 2.05) is 31.2 Å². The molecule has 4 atom stereocenters. The fourth-order valence-electron chi connectivity index (χ4n) is 8.03. The Morgan fingerprint density at radius 2 is 1.69 bits per heavy atom. The first-order valence-corrected chi connectivity index (χ1v) is 20.9. The molecule has 5 N–H and O–H groups in total. The predicted octanol–water partition coefficient (Wildman–Crippen LogP) is 1.12. The molecule has 0 radical (unpaired) electrons. The highest BCUT2D eigenvalue weighted by atomic mass is 16.6. The third-order valence-corrected chi connectivity index (χ3v) is 11.1. The number of nitrogens with zero attached hydrogens (tertiary/aromatic N) is 3. The van der Waals surface area contributed by atoms with Crippen molar-refractivity contribution in [3.05, 3.63) is 62.9 Å². The van der Waals surface area contributed by atoms with Crippen LogP contribution in [0.1, 0.15) is 74.8 Å². The van der Waals surface area contributed by atoms with Gasteiger partial charge in [-0.3, -0.25) is 24.0 Å². The maximum absolute atomic E-state index is 14.0. The number of likely N-dealkylation sites (tertiary alicyclic amines) is 1. The number of aryl methyl sites for hydroxylation is 1. The number of carbonyl (C=O) groups excluding carboxylic acids is 5. The number of aromatic nitrogens is 2. The zero-order valence-corrected chi connectivity index (χ0v) is 35.1. The Balaban J connectivity index is 1.11. The molecule has 3 aromatic rings. The van der Waals surface area contributed by atoms with Crippen LogP contribution in [0, 0.1) is 5.92 Å². The minimum absolute atomic E-state index is 0.0138. The summed E-state index contributed by atoms with van der Waals surface area (Å²) < 4.78 is 28.7. The van der Waals surface area contributed by atoms with Crippen molar-refractivity contribution < 1.29 is 57.6 Å². The highest BCUT2D eigenvalue weighted by molar-refractivity contribution is 5.96. The molecule has 0 bridgehead atoms. The molecule has 0 unspecified atom stereocenters. The lowest BCUT2D eigenvalue weighted by atomic mass is 9.97. The lowest BCUT2D eigenvalue weighted by Gasteiger charge is -2.31. The zero-order valence-electron chi connectivity index (χ0n) is 35.1. The summed E-state index contributed by atoms with van der Waals surface area (Å²) in [6.45, 7) is 7.42. The molecule has 3 aliphatic heterocycles. The Morgan fingerprint density at radius 3 is 2.39 bits per heavy atom. The van der Waals surface area contributed by atoms with E-state index in [9.17, 15) is 38.7 Å². The molecule has 5 heterocycles. The van der Waals surface area contributed by atoms with Gasteiger partial charge in [0.1, 0.15) is 24.7 Å². The van der Waals surface area contributed by atoms with E-state index in [0.29, 0.717) is 50.6 Å². The van der Waals surface area contributed by atoms with Gasteiger partial charge in [-0.2, -0.15) is 0 Å². The largest absolute Gasteiger partial charge is 0.481 e. The van der Waals surface area contributed by atoms with Crippen molar-refractivity contribution in [2.75, 3.05) is 52.7 Å². The number of carboxylic acid groups (broad SMARTS) is 1. The van der Waals surface area contributed by atoms with Gasteiger partial charge in [0.05, 0.1) is 75.1 Å². The third kappa shape index (κ3) is 10.3. The van der Waals surface area contributed by atoms with Crippen LogP contribution in [0.25, 0.3) is 22.3 Å². The number of carbonyl (C=O) groups is 6. The molecule has 2 aromatic heterocycles. The Labute approximate surface area is 357 Å². The normalized spacial score (nSPS) is 17.5. The van der Waals surface area contributed by atoms with E-state index in [-0.39, 0.29) is 63.5 Å². The number of hydrogen-bond donors (Lipinski definition) is 4. The molecule has 3 amide bonds. The number of cyclic esters (lactones) is 1. The van der Waals surface area contributed by atoms with Crippen LogP contribution in [0.15, 0.2) is 35.1 Å². The minimum Gasteiger partial charge on any atom is -0.481 e. The Morgan fingerprint density at radius 1 is 0.984 bits per heavy atom. The van der Waals surface area contributed by atoms with Crippen LogP contribution in [0.4, 0.5) is 0 Å². The molecule has 19 nitrogen and oxygen atoms in total. The average molecular weight is 863 g/mol. The molecular formula is C43H54N6O13. The number of nitrogens with two attached hydrogens (primary N) is 1. The maximum atomic E-state index is 14.0. The molecule has 1 fully saturated rings. The van der Waals surface area contributed by atoms with E-state index in [0.717, 1.165) is 22.0 Å². The second kappa shape index (κ2) is 20.9. The lowest BCUT2D eigenvalue weighted by molar-refractivity contribution is -0.173. The molecule has 62 heavy (non-hydrogen) atoms. The summed E-state index contributed by atoms with van der Waals surface area (Å²) in [5.74, 6) is -5.88. The minimum atomic E-state index is -1.62. The summed E-state index contributed by atoms with van der Waals surface area (Å²) in [5.41, 5.74) is 9.08. The SMILES string of the molecule is CCc1c2c(nc3ccccc13)-c1cc3c(c(=O)n1C2)COC(=O)[C@H]3OC(=O)[C@@H](NC(=O)[C@@H]1CCCN1C(=O)[C@H](CC(=O)O)NC(=O)CCOCCOCCOCCN)C(C)C. The number of pyridine rings is 2. The summed E-state index contributed by atoms with van der Waals surface area (Å²) in [6, 6.07) is 5.46. The number of nitrogens with one attached hydrogen (secondary N) is 2. The molecule has 0 spiro atoms. The average Bonchev–Trinajstić information content (AvgIpc) is 3.89. The first-order chi connectivity index (χ1) is 29.8. The highest BCUT2D eigenvalue weighted by Gasteiger charge is 2.43. The molecule has 3 aliphatic rings. The van der Waals surface area contributed by atoms with Gasteiger partial charge < -0.3 is 54.6 Å². The van der Waals surface area contributed by atoms with Crippen molar-refractivity contribution in [1.82, 2.24) is 25.1 Å². The first-order valence-electron chi connectivity index (χ1n) is 20.9. The van der Waals surface area contributed by atoms with Crippen LogP contribution in [0.2, 0.25) is 0 Å². The Bertz CT molecular complexity index is 2240. The second-order valence-electron chi connectivity index (χ2n) is 15.6. The van der Waals surface area contributed by atoms with Crippen LogP contribution < -0.4 is 21.9 Å².